The van der Waals surface area contributed by atoms with E-state index in [0.717, 1.165) is 17.7 Å². The molecule has 7 heteroatoms. The van der Waals surface area contributed by atoms with Crippen molar-refractivity contribution in [3.63, 3.8) is 0 Å². The SMILES string of the molecule is CCNC(=NCCC(O)c1ccccc1)NCC#Cc1cccc(C(F)(F)F)c1. The summed E-state index contributed by atoms with van der Waals surface area (Å²) in [5, 5.41) is 16.2. The maximum absolute atomic E-state index is 12.7. The second-order valence-electron chi connectivity index (χ2n) is 6.21. The number of aliphatic hydroxyl groups is 1. The van der Waals surface area contributed by atoms with E-state index in [1.165, 1.54) is 12.1 Å². The van der Waals surface area contributed by atoms with Crippen molar-refractivity contribution in [1.29, 1.82) is 0 Å². The summed E-state index contributed by atoms with van der Waals surface area (Å²) in [5.41, 5.74) is 0.422. The summed E-state index contributed by atoms with van der Waals surface area (Å²) in [7, 11) is 0. The number of aliphatic imine (C=N–C) groups is 1. The molecule has 0 aromatic heterocycles. The lowest BCUT2D eigenvalue weighted by atomic mass is 10.1. The van der Waals surface area contributed by atoms with Gasteiger partial charge in [-0.15, -0.1) is 0 Å². The van der Waals surface area contributed by atoms with Gasteiger partial charge in [-0.2, -0.15) is 13.2 Å². The molecule has 2 aromatic rings. The molecule has 0 aliphatic carbocycles. The zero-order chi connectivity index (χ0) is 21.1. The topological polar surface area (TPSA) is 56.7 Å². The van der Waals surface area contributed by atoms with Crippen LogP contribution in [0.3, 0.4) is 0 Å². The highest BCUT2D eigenvalue weighted by atomic mass is 19.4. The van der Waals surface area contributed by atoms with Crippen LogP contribution in [0.2, 0.25) is 0 Å². The Labute approximate surface area is 168 Å². The molecule has 0 fully saturated rings. The van der Waals surface area contributed by atoms with Crippen LogP contribution in [0.25, 0.3) is 0 Å². The molecule has 0 amide bonds. The maximum Gasteiger partial charge on any atom is 0.416 e. The van der Waals surface area contributed by atoms with Crippen molar-refractivity contribution in [1.82, 2.24) is 10.6 Å². The summed E-state index contributed by atoms with van der Waals surface area (Å²) in [6, 6.07) is 14.3. The molecule has 0 aliphatic heterocycles. The molecule has 0 aliphatic rings. The second kappa shape index (κ2) is 11.1. The number of guanidine groups is 1. The molecule has 0 radical (unpaired) electrons. The Balaban J connectivity index is 1.88. The van der Waals surface area contributed by atoms with Crippen LogP contribution >= 0.6 is 0 Å². The molecule has 0 saturated heterocycles. The normalized spacial score (nSPS) is 12.7. The Morgan fingerprint density at radius 1 is 1.10 bits per heavy atom. The third-order valence-corrected chi connectivity index (χ3v) is 3.97. The Morgan fingerprint density at radius 2 is 1.86 bits per heavy atom. The number of aliphatic hydroxyl groups excluding tert-OH is 1. The Kier molecular flexibility index (Phi) is 8.56. The summed E-state index contributed by atoms with van der Waals surface area (Å²) in [6.07, 6.45) is -4.51. The molecule has 4 nitrogen and oxygen atoms in total. The molecule has 1 atom stereocenters. The van der Waals surface area contributed by atoms with E-state index in [2.05, 4.69) is 27.5 Å². The van der Waals surface area contributed by atoms with Gasteiger partial charge < -0.3 is 15.7 Å². The van der Waals surface area contributed by atoms with E-state index in [0.29, 0.717) is 31.0 Å². The fourth-order valence-electron chi connectivity index (χ4n) is 2.53. The van der Waals surface area contributed by atoms with Gasteiger partial charge in [0, 0.05) is 18.7 Å². The molecular weight excluding hydrogens is 379 g/mol. The number of nitrogens with one attached hydrogen (secondary N) is 2. The van der Waals surface area contributed by atoms with Crippen molar-refractivity contribution >= 4 is 5.96 Å². The predicted octanol–water partition coefficient (Wildman–Crippen LogP) is 3.74. The molecule has 0 heterocycles. The van der Waals surface area contributed by atoms with Gasteiger partial charge in [0.15, 0.2) is 5.96 Å². The molecule has 0 bridgehead atoms. The van der Waals surface area contributed by atoms with Gasteiger partial charge in [-0.25, -0.2) is 0 Å². The fraction of sp³-hybridized carbons (Fsp3) is 0.318. The van der Waals surface area contributed by atoms with Crippen molar-refractivity contribution in [2.24, 2.45) is 4.99 Å². The van der Waals surface area contributed by atoms with Crippen LogP contribution in [0.1, 0.15) is 36.1 Å². The van der Waals surface area contributed by atoms with Crippen molar-refractivity contribution in [2.45, 2.75) is 25.6 Å². The summed E-state index contributed by atoms with van der Waals surface area (Å²) in [4.78, 5) is 4.39. The van der Waals surface area contributed by atoms with Crippen LogP contribution in [-0.2, 0) is 6.18 Å². The average Bonchev–Trinajstić information content (AvgIpc) is 2.71. The standard InChI is InChI=1S/C22H24F3N3O/c1-2-26-21(28-15-13-20(29)18-10-4-3-5-11-18)27-14-7-9-17-8-6-12-19(16-17)22(23,24)25/h3-6,8,10-12,16,20,29H,2,13-15H2,1H3,(H2,26,27,28). The van der Waals surface area contributed by atoms with Crippen molar-refractivity contribution in [2.75, 3.05) is 19.6 Å². The Morgan fingerprint density at radius 3 is 2.55 bits per heavy atom. The quantitative estimate of drug-likeness (QED) is 0.391. The minimum atomic E-state index is -4.38. The average molecular weight is 403 g/mol. The van der Waals surface area contributed by atoms with E-state index in [-0.39, 0.29) is 6.54 Å². The first-order valence-corrected chi connectivity index (χ1v) is 9.31. The highest BCUT2D eigenvalue weighted by Gasteiger charge is 2.30. The lowest BCUT2D eigenvalue weighted by Crippen LogP contribution is -2.37. The molecule has 0 saturated carbocycles. The minimum absolute atomic E-state index is 0.226. The lowest BCUT2D eigenvalue weighted by Gasteiger charge is -2.11. The van der Waals surface area contributed by atoms with Crippen LogP contribution < -0.4 is 10.6 Å². The molecule has 29 heavy (non-hydrogen) atoms. The number of hydrogen-bond donors (Lipinski definition) is 3. The lowest BCUT2D eigenvalue weighted by molar-refractivity contribution is -0.137. The third-order valence-electron chi connectivity index (χ3n) is 3.97. The summed E-state index contributed by atoms with van der Waals surface area (Å²) in [6.45, 7) is 3.20. The van der Waals surface area contributed by atoms with Gasteiger partial charge in [0.1, 0.15) is 0 Å². The second-order valence-corrected chi connectivity index (χ2v) is 6.21. The largest absolute Gasteiger partial charge is 0.416 e. The third kappa shape index (κ3) is 7.88. The predicted molar refractivity (Wildman–Crippen MR) is 108 cm³/mol. The minimum Gasteiger partial charge on any atom is -0.388 e. The number of nitrogens with zero attached hydrogens (tertiary/aromatic N) is 1. The van der Waals surface area contributed by atoms with Gasteiger partial charge >= 0.3 is 6.18 Å². The van der Waals surface area contributed by atoms with E-state index in [1.54, 1.807) is 0 Å². The van der Waals surface area contributed by atoms with Crippen molar-refractivity contribution < 1.29 is 18.3 Å². The summed E-state index contributed by atoms with van der Waals surface area (Å²) >= 11 is 0. The monoisotopic (exact) mass is 403 g/mol. The van der Waals surface area contributed by atoms with Gasteiger partial charge in [-0.3, -0.25) is 4.99 Å². The number of alkyl halides is 3. The van der Waals surface area contributed by atoms with Crippen LogP contribution in [0.15, 0.2) is 59.6 Å². The first-order chi connectivity index (χ1) is 13.9. The zero-order valence-electron chi connectivity index (χ0n) is 16.1. The van der Waals surface area contributed by atoms with Crippen molar-refractivity contribution in [3.05, 3.63) is 71.3 Å². The molecule has 3 N–H and O–H groups in total. The van der Waals surface area contributed by atoms with E-state index < -0.39 is 17.8 Å². The number of benzene rings is 2. The highest BCUT2D eigenvalue weighted by molar-refractivity contribution is 5.80. The van der Waals surface area contributed by atoms with E-state index in [1.807, 2.05) is 37.3 Å². The van der Waals surface area contributed by atoms with Gasteiger partial charge in [-0.1, -0.05) is 48.2 Å². The van der Waals surface area contributed by atoms with Gasteiger partial charge in [0.05, 0.1) is 18.2 Å². The molecule has 2 rings (SSSR count). The molecular formula is C22H24F3N3O. The highest BCUT2D eigenvalue weighted by Crippen LogP contribution is 2.29. The number of halogens is 3. The Bertz CT molecular complexity index is 855. The van der Waals surface area contributed by atoms with Gasteiger partial charge in [0.25, 0.3) is 0 Å². The molecule has 0 spiro atoms. The number of rotatable bonds is 6. The van der Waals surface area contributed by atoms with Crippen LogP contribution in [0, 0.1) is 11.8 Å². The molecule has 1 unspecified atom stereocenters. The van der Waals surface area contributed by atoms with Crippen LogP contribution in [0.5, 0.6) is 0 Å². The smallest absolute Gasteiger partial charge is 0.388 e. The molecule has 2 aromatic carbocycles. The van der Waals surface area contributed by atoms with Gasteiger partial charge in [0.2, 0.25) is 0 Å². The van der Waals surface area contributed by atoms with Gasteiger partial charge in [-0.05, 0) is 37.1 Å². The first-order valence-electron chi connectivity index (χ1n) is 9.31. The number of hydrogen-bond acceptors (Lipinski definition) is 2. The van der Waals surface area contributed by atoms with Crippen LogP contribution in [0.4, 0.5) is 13.2 Å². The maximum atomic E-state index is 12.7. The zero-order valence-corrected chi connectivity index (χ0v) is 16.1. The fourth-order valence-corrected chi connectivity index (χ4v) is 2.53. The van der Waals surface area contributed by atoms with E-state index in [4.69, 9.17) is 0 Å². The Hall–Kier alpha value is -2.98. The van der Waals surface area contributed by atoms with E-state index in [9.17, 15) is 18.3 Å². The first kappa shape index (κ1) is 22.3. The summed E-state index contributed by atoms with van der Waals surface area (Å²) < 4.78 is 38.2. The summed E-state index contributed by atoms with van der Waals surface area (Å²) in [5.74, 6) is 6.04. The van der Waals surface area contributed by atoms with Crippen LogP contribution in [-0.4, -0.2) is 30.7 Å². The van der Waals surface area contributed by atoms with Crippen molar-refractivity contribution in [3.8, 4) is 11.8 Å². The molecule has 154 valence electrons. The van der Waals surface area contributed by atoms with E-state index >= 15 is 0 Å².